The van der Waals surface area contributed by atoms with Gasteiger partial charge in [0.05, 0.1) is 0 Å². The minimum Gasteiger partial charge on any atom is -0.362 e. The van der Waals surface area contributed by atoms with Crippen LogP contribution in [-0.4, -0.2) is 11.7 Å². The Morgan fingerprint density at radius 2 is 1.76 bits per heavy atom. The van der Waals surface area contributed by atoms with Crippen LogP contribution in [0.4, 0.5) is 5.69 Å². The maximum absolute atomic E-state index is 5.99. The average molecular weight is 327 g/mol. The molecule has 0 aliphatic heterocycles. The van der Waals surface area contributed by atoms with Crippen LogP contribution in [0.5, 0.6) is 0 Å². The van der Waals surface area contributed by atoms with Crippen molar-refractivity contribution in [1.29, 1.82) is 0 Å². The molecule has 0 aromatic heterocycles. The zero-order valence-corrected chi connectivity index (χ0v) is 14.7. The summed E-state index contributed by atoms with van der Waals surface area (Å²) >= 11 is 11.3. The maximum Gasteiger partial charge on any atom is 0.170 e. The van der Waals surface area contributed by atoms with Crippen LogP contribution in [0.25, 0.3) is 0 Å². The normalized spacial score (nSPS) is 10.4. The summed E-state index contributed by atoms with van der Waals surface area (Å²) in [5, 5.41) is 7.86. The van der Waals surface area contributed by atoms with Gasteiger partial charge in [-0.1, -0.05) is 63.1 Å². The van der Waals surface area contributed by atoms with E-state index in [9.17, 15) is 0 Å². The molecule has 2 nitrogen and oxygen atoms in total. The van der Waals surface area contributed by atoms with Crippen LogP contribution in [-0.2, 0) is 0 Å². The number of hydrogen-bond donors (Lipinski definition) is 2. The molecule has 0 unspecified atom stereocenters. The largest absolute Gasteiger partial charge is 0.362 e. The first-order valence-corrected chi connectivity index (χ1v) is 8.73. The third kappa shape index (κ3) is 8.27. The summed E-state index contributed by atoms with van der Waals surface area (Å²) in [6, 6.07) is 5.78. The first kappa shape index (κ1) is 18.2. The quantitative estimate of drug-likeness (QED) is 0.450. The van der Waals surface area contributed by atoms with Crippen LogP contribution >= 0.6 is 23.8 Å². The Labute approximate surface area is 139 Å². The van der Waals surface area contributed by atoms with Gasteiger partial charge in [-0.25, -0.2) is 0 Å². The van der Waals surface area contributed by atoms with Crippen molar-refractivity contribution in [2.24, 2.45) is 0 Å². The molecule has 1 rings (SSSR count). The molecule has 0 spiro atoms. The molecule has 2 N–H and O–H groups in total. The smallest absolute Gasteiger partial charge is 0.170 e. The Kier molecular flexibility index (Phi) is 9.44. The fraction of sp³-hybridized carbons (Fsp3) is 0.588. The van der Waals surface area contributed by atoms with E-state index >= 15 is 0 Å². The first-order chi connectivity index (χ1) is 10.1. The van der Waals surface area contributed by atoms with Crippen LogP contribution < -0.4 is 10.6 Å². The van der Waals surface area contributed by atoms with E-state index in [0.717, 1.165) is 22.8 Å². The maximum atomic E-state index is 5.99. The van der Waals surface area contributed by atoms with E-state index in [2.05, 4.69) is 17.6 Å². The third-order valence-electron chi connectivity index (χ3n) is 3.51. The number of halogens is 1. The third-order valence-corrected chi connectivity index (χ3v) is 4.00. The Bertz CT molecular complexity index is 435. The van der Waals surface area contributed by atoms with Gasteiger partial charge < -0.3 is 10.6 Å². The van der Waals surface area contributed by atoms with Crippen LogP contribution in [0.15, 0.2) is 18.2 Å². The molecule has 0 atom stereocenters. The Morgan fingerprint density at radius 1 is 1.10 bits per heavy atom. The van der Waals surface area contributed by atoms with E-state index in [1.165, 1.54) is 44.9 Å². The van der Waals surface area contributed by atoms with Gasteiger partial charge >= 0.3 is 0 Å². The van der Waals surface area contributed by atoms with E-state index in [-0.39, 0.29) is 0 Å². The van der Waals surface area contributed by atoms with Gasteiger partial charge in [0.15, 0.2) is 5.11 Å². The van der Waals surface area contributed by atoms with Gasteiger partial charge in [0.1, 0.15) is 0 Å². The molecule has 0 aliphatic carbocycles. The second kappa shape index (κ2) is 10.9. The molecule has 0 bridgehead atoms. The monoisotopic (exact) mass is 326 g/mol. The summed E-state index contributed by atoms with van der Waals surface area (Å²) in [5.74, 6) is 0. The lowest BCUT2D eigenvalue weighted by Crippen LogP contribution is -2.29. The number of unbranched alkanes of at least 4 members (excludes halogenated alkanes) is 6. The van der Waals surface area contributed by atoms with Crippen LogP contribution in [0, 0.1) is 6.92 Å². The Morgan fingerprint density at radius 3 is 2.48 bits per heavy atom. The summed E-state index contributed by atoms with van der Waals surface area (Å²) in [4.78, 5) is 0. The molecule has 21 heavy (non-hydrogen) atoms. The van der Waals surface area contributed by atoms with E-state index < -0.39 is 0 Å². The molecule has 0 fully saturated rings. The van der Waals surface area contributed by atoms with E-state index in [1.54, 1.807) is 0 Å². The summed E-state index contributed by atoms with van der Waals surface area (Å²) in [7, 11) is 0. The number of benzene rings is 1. The van der Waals surface area contributed by atoms with Crippen molar-refractivity contribution in [3.05, 3.63) is 28.8 Å². The second-order valence-electron chi connectivity index (χ2n) is 5.46. The molecule has 0 saturated carbocycles. The molecule has 0 amide bonds. The zero-order valence-electron chi connectivity index (χ0n) is 13.2. The van der Waals surface area contributed by atoms with Crippen molar-refractivity contribution < 1.29 is 0 Å². The molecule has 0 heterocycles. The molecule has 0 saturated heterocycles. The predicted octanol–water partition coefficient (Wildman–Crippen LogP) is 5.69. The van der Waals surface area contributed by atoms with Gasteiger partial charge in [-0.2, -0.15) is 0 Å². The highest BCUT2D eigenvalue weighted by Crippen LogP contribution is 2.19. The molecule has 118 valence electrons. The Hall–Kier alpha value is -0.800. The van der Waals surface area contributed by atoms with Crippen molar-refractivity contribution in [2.75, 3.05) is 11.9 Å². The minimum atomic E-state index is 0.673. The molecule has 4 heteroatoms. The van der Waals surface area contributed by atoms with Crippen molar-refractivity contribution in [3.8, 4) is 0 Å². The molecule has 1 aromatic carbocycles. The van der Waals surface area contributed by atoms with Crippen molar-refractivity contribution >= 4 is 34.6 Å². The van der Waals surface area contributed by atoms with Gasteiger partial charge in [-0.05, 0) is 43.3 Å². The highest BCUT2D eigenvalue weighted by molar-refractivity contribution is 7.80. The van der Waals surface area contributed by atoms with Crippen molar-refractivity contribution in [1.82, 2.24) is 5.32 Å². The topological polar surface area (TPSA) is 24.1 Å². The van der Waals surface area contributed by atoms with Crippen LogP contribution in [0.1, 0.15) is 57.4 Å². The standard InChI is InChI=1S/C17H27ClN2S/c1-3-4-5-6-7-8-9-12-19-17(21)20-16-13-15(18)11-10-14(16)2/h10-11,13H,3-9,12H2,1-2H3,(H2,19,20,21). The number of rotatable bonds is 9. The molecule has 0 radical (unpaired) electrons. The SMILES string of the molecule is CCCCCCCCCNC(=S)Nc1cc(Cl)ccc1C. The van der Waals surface area contributed by atoms with E-state index in [0.29, 0.717) is 5.11 Å². The summed E-state index contributed by atoms with van der Waals surface area (Å²) < 4.78 is 0. The van der Waals surface area contributed by atoms with Gasteiger partial charge in [0.2, 0.25) is 0 Å². The Balaban J connectivity index is 2.13. The van der Waals surface area contributed by atoms with Crippen molar-refractivity contribution in [2.45, 2.75) is 58.8 Å². The number of nitrogens with one attached hydrogen (secondary N) is 2. The lowest BCUT2D eigenvalue weighted by atomic mass is 10.1. The highest BCUT2D eigenvalue weighted by atomic mass is 35.5. The molecular formula is C17H27ClN2S. The minimum absolute atomic E-state index is 0.673. The van der Waals surface area contributed by atoms with Gasteiger partial charge in [0, 0.05) is 17.3 Å². The lowest BCUT2D eigenvalue weighted by Gasteiger charge is -2.12. The summed E-state index contributed by atoms with van der Waals surface area (Å²) in [6.45, 7) is 5.22. The highest BCUT2D eigenvalue weighted by Gasteiger charge is 2.01. The fourth-order valence-electron chi connectivity index (χ4n) is 2.18. The number of anilines is 1. The van der Waals surface area contributed by atoms with Crippen LogP contribution in [0.2, 0.25) is 5.02 Å². The van der Waals surface area contributed by atoms with E-state index in [1.807, 2.05) is 25.1 Å². The summed E-state index contributed by atoms with van der Waals surface area (Å²) in [6.07, 6.45) is 9.18. The average Bonchev–Trinajstić information content (AvgIpc) is 2.46. The second-order valence-corrected chi connectivity index (χ2v) is 6.31. The lowest BCUT2D eigenvalue weighted by molar-refractivity contribution is 0.586. The van der Waals surface area contributed by atoms with E-state index in [4.69, 9.17) is 23.8 Å². The first-order valence-electron chi connectivity index (χ1n) is 7.94. The van der Waals surface area contributed by atoms with Gasteiger partial charge in [0.25, 0.3) is 0 Å². The van der Waals surface area contributed by atoms with Gasteiger partial charge in [-0.3, -0.25) is 0 Å². The molecule has 1 aromatic rings. The predicted molar refractivity (Wildman–Crippen MR) is 98.4 cm³/mol. The summed E-state index contributed by atoms with van der Waals surface area (Å²) in [5.41, 5.74) is 2.11. The molecular weight excluding hydrogens is 300 g/mol. The fourth-order valence-corrected chi connectivity index (χ4v) is 2.56. The van der Waals surface area contributed by atoms with Gasteiger partial charge in [-0.15, -0.1) is 0 Å². The van der Waals surface area contributed by atoms with Crippen LogP contribution in [0.3, 0.4) is 0 Å². The number of thiocarbonyl (C=S) groups is 1. The number of hydrogen-bond acceptors (Lipinski definition) is 1. The number of aryl methyl sites for hydroxylation is 1. The van der Waals surface area contributed by atoms with Crippen molar-refractivity contribution in [3.63, 3.8) is 0 Å². The molecule has 0 aliphatic rings. The zero-order chi connectivity index (χ0) is 15.5.